The first-order chi connectivity index (χ1) is 14.0. The second-order valence-corrected chi connectivity index (χ2v) is 12.4. The molecule has 0 heterocycles. The van der Waals surface area contributed by atoms with Crippen LogP contribution in [0.2, 0.25) is 0 Å². The summed E-state index contributed by atoms with van der Waals surface area (Å²) in [6.45, 7) is 11.1. The highest BCUT2D eigenvalue weighted by Gasteiger charge is 2.60. The molecule has 0 aliphatic heterocycles. The van der Waals surface area contributed by atoms with Crippen molar-refractivity contribution in [3.05, 3.63) is 12.2 Å². The molecule has 3 nitrogen and oxygen atoms in total. The Hall–Kier alpha value is -0.380. The Morgan fingerprint density at radius 2 is 1.70 bits per heavy atom. The lowest BCUT2D eigenvalue weighted by Crippen LogP contribution is -2.56. The minimum absolute atomic E-state index is 0.0628. The summed E-state index contributed by atoms with van der Waals surface area (Å²) < 4.78 is 0. The van der Waals surface area contributed by atoms with E-state index in [0.717, 1.165) is 19.3 Å². The molecule has 3 saturated carbocycles. The van der Waals surface area contributed by atoms with Gasteiger partial charge in [-0.1, -0.05) is 53.2 Å². The molecule has 9 atom stereocenters. The van der Waals surface area contributed by atoms with Crippen molar-refractivity contribution in [2.24, 2.45) is 52.3 Å². The van der Waals surface area contributed by atoms with Crippen molar-refractivity contribution in [3.8, 4) is 0 Å². The quantitative estimate of drug-likeness (QED) is 0.406. The molecule has 4 aliphatic carbocycles. The molecule has 30 heavy (non-hydrogen) atoms. The van der Waals surface area contributed by atoms with Crippen LogP contribution < -0.4 is 0 Å². The van der Waals surface area contributed by atoms with Crippen molar-refractivity contribution in [1.29, 1.82) is 0 Å². The first kappa shape index (κ1) is 22.8. The standard InChI is InChI=1S/C27H46O3/c1-17(2)27(29,30)16-13-18(3)21-11-12-22-20-10-9-19-7-6-8-24(28)26(19,5)23(20)14-15-25(21,22)4/h9-10,17-24,28-30H,6-8,11-16H2,1-5H3/t18-,19+,20+,21-,22-,23-,24?,25+,26-/m0/s1. The van der Waals surface area contributed by atoms with Crippen LogP contribution in [-0.4, -0.2) is 27.2 Å². The van der Waals surface area contributed by atoms with Crippen molar-refractivity contribution in [2.75, 3.05) is 0 Å². The maximum absolute atomic E-state index is 11.1. The monoisotopic (exact) mass is 418 g/mol. The molecule has 3 heteroatoms. The predicted octanol–water partition coefficient (Wildman–Crippen LogP) is 5.54. The molecule has 1 unspecified atom stereocenters. The summed E-state index contributed by atoms with van der Waals surface area (Å²) in [5, 5.41) is 31.7. The highest BCUT2D eigenvalue weighted by atomic mass is 16.5. The van der Waals surface area contributed by atoms with Crippen molar-refractivity contribution in [1.82, 2.24) is 0 Å². The summed E-state index contributed by atoms with van der Waals surface area (Å²) in [6, 6.07) is 0. The van der Waals surface area contributed by atoms with E-state index in [9.17, 15) is 15.3 Å². The molecule has 172 valence electrons. The maximum atomic E-state index is 11.1. The van der Waals surface area contributed by atoms with Crippen LogP contribution in [0.5, 0.6) is 0 Å². The Labute approximate surface area is 184 Å². The summed E-state index contributed by atoms with van der Waals surface area (Å²) in [5.74, 6) is 2.02. The summed E-state index contributed by atoms with van der Waals surface area (Å²) in [7, 11) is 0. The van der Waals surface area contributed by atoms with E-state index in [1.165, 1.54) is 32.1 Å². The molecule has 0 saturated heterocycles. The van der Waals surface area contributed by atoms with Crippen LogP contribution in [0.25, 0.3) is 0 Å². The van der Waals surface area contributed by atoms with Gasteiger partial charge in [-0.2, -0.15) is 0 Å². The van der Waals surface area contributed by atoms with Gasteiger partial charge in [0, 0.05) is 17.8 Å². The van der Waals surface area contributed by atoms with E-state index in [4.69, 9.17) is 0 Å². The van der Waals surface area contributed by atoms with E-state index in [0.29, 0.717) is 47.3 Å². The van der Waals surface area contributed by atoms with E-state index in [1.54, 1.807) is 0 Å². The lowest BCUT2D eigenvalue weighted by atomic mass is 9.45. The van der Waals surface area contributed by atoms with E-state index >= 15 is 0 Å². The van der Waals surface area contributed by atoms with Gasteiger partial charge in [0.05, 0.1) is 6.10 Å². The fourth-order valence-corrected chi connectivity index (χ4v) is 8.58. The molecule has 4 aliphatic rings. The molecular formula is C27H46O3. The molecule has 0 bridgehead atoms. The Bertz CT molecular complexity index is 654. The number of fused-ring (bicyclic) bond motifs is 5. The molecular weight excluding hydrogens is 372 g/mol. The molecule has 0 aromatic rings. The number of aliphatic hydroxyl groups excluding tert-OH is 1. The van der Waals surface area contributed by atoms with E-state index in [2.05, 4.69) is 32.9 Å². The summed E-state index contributed by atoms with van der Waals surface area (Å²) >= 11 is 0. The third kappa shape index (κ3) is 3.42. The summed E-state index contributed by atoms with van der Waals surface area (Å²) in [5.41, 5.74) is 0.409. The van der Waals surface area contributed by atoms with Gasteiger partial charge in [-0.05, 0) is 85.9 Å². The number of hydrogen-bond donors (Lipinski definition) is 3. The van der Waals surface area contributed by atoms with E-state index < -0.39 is 5.79 Å². The van der Waals surface area contributed by atoms with Gasteiger partial charge in [-0.3, -0.25) is 0 Å². The molecule has 3 fully saturated rings. The Morgan fingerprint density at radius 3 is 2.40 bits per heavy atom. The lowest BCUT2D eigenvalue weighted by Gasteiger charge is -2.60. The van der Waals surface area contributed by atoms with Gasteiger partial charge in [0.25, 0.3) is 0 Å². The fourth-order valence-electron chi connectivity index (χ4n) is 8.58. The Morgan fingerprint density at radius 1 is 0.967 bits per heavy atom. The fraction of sp³-hybridized carbons (Fsp3) is 0.926. The number of aliphatic hydroxyl groups is 3. The molecule has 0 aromatic heterocycles. The number of allylic oxidation sites excluding steroid dienone is 2. The van der Waals surface area contributed by atoms with Crippen LogP contribution in [0.1, 0.15) is 92.4 Å². The Balaban J connectivity index is 1.51. The smallest absolute Gasteiger partial charge is 0.164 e. The average Bonchev–Trinajstić information content (AvgIpc) is 3.04. The topological polar surface area (TPSA) is 60.7 Å². The van der Waals surface area contributed by atoms with Crippen molar-refractivity contribution >= 4 is 0 Å². The van der Waals surface area contributed by atoms with E-state index in [1.807, 2.05) is 13.8 Å². The normalized spacial score (nSPS) is 47.0. The Kier molecular flexibility index (Phi) is 5.99. The minimum Gasteiger partial charge on any atom is -0.393 e. The van der Waals surface area contributed by atoms with Crippen molar-refractivity contribution in [3.63, 3.8) is 0 Å². The van der Waals surface area contributed by atoms with Gasteiger partial charge >= 0.3 is 0 Å². The highest BCUT2D eigenvalue weighted by Crippen LogP contribution is 2.67. The van der Waals surface area contributed by atoms with Gasteiger partial charge < -0.3 is 15.3 Å². The number of rotatable bonds is 5. The first-order valence-corrected chi connectivity index (χ1v) is 12.8. The number of hydrogen-bond acceptors (Lipinski definition) is 3. The van der Waals surface area contributed by atoms with Crippen LogP contribution in [-0.2, 0) is 0 Å². The highest BCUT2D eigenvalue weighted by molar-refractivity contribution is 5.19. The van der Waals surface area contributed by atoms with E-state index in [-0.39, 0.29) is 17.4 Å². The third-order valence-electron chi connectivity index (χ3n) is 10.9. The van der Waals surface area contributed by atoms with Crippen LogP contribution in [0, 0.1) is 52.3 Å². The first-order valence-electron chi connectivity index (χ1n) is 12.8. The third-order valence-corrected chi connectivity index (χ3v) is 10.9. The summed E-state index contributed by atoms with van der Waals surface area (Å²) in [4.78, 5) is 0. The summed E-state index contributed by atoms with van der Waals surface area (Å²) in [6.07, 6.45) is 14.7. The van der Waals surface area contributed by atoms with Gasteiger partial charge in [-0.25, -0.2) is 0 Å². The molecule has 3 N–H and O–H groups in total. The minimum atomic E-state index is -1.54. The largest absolute Gasteiger partial charge is 0.393 e. The SMILES string of the molecule is CC(C)C(O)(O)CC[C@H](C)[C@@H]1CC[C@H]2[C@H]3C=C[C@H]4CCCC(O)[C@]4(C)[C@H]3CC[C@@]21C. The second kappa shape index (κ2) is 7.89. The lowest BCUT2D eigenvalue weighted by molar-refractivity contribution is -0.199. The van der Waals surface area contributed by atoms with Gasteiger partial charge in [0.2, 0.25) is 0 Å². The second-order valence-electron chi connectivity index (χ2n) is 12.4. The van der Waals surface area contributed by atoms with Crippen LogP contribution in [0.15, 0.2) is 12.2 Å². The van der Waals surface area contributed by atoms with Gasteiger partial charge in [0.15, 0.2) is 5.79 Å². The molecule has 4 rings (SSSR count). The maximum Gasteiger partial charge on any atom is 0.164 e. The van der Waals surface area contributed by atoms with Crippen LogP contribution in [0.4, 0.5) is 0 Å². The average molecular weight is 419 g/mol. The van der Waals surface area contributed by atoms with Crippen molar-refractivity contribution < 1.29 is 15.3 Å². The van der Waals surface area contributed by atoms with Crippen LogP contribution in [0.3, 0.4) is 0 Å². The zero-order chi connectivity index (χ0) is 21.9. The molecule has 0 spiro atoms. The molecule has 0 aromatic carbocycles. The van der Waals surface area contributed by atoms with Gasteiger partial charge in [0.1, 0.15) is 0 Å². The molecule has 0 radical (unpaired) electrons. The predicted molar refractivity (Wildman–Crippen MR) is 122 cm³/mol. The molecule has 0 amide bonds. The zero-order valence-corrected chi connectivity index (χ0v) is 20.0. The zero-order valence-electron chi connectivity index (χ0n) is 20.0. The van der Waals surface area contributed by atoms with Crippen molar-refractivity contribution in [2.45, 2.75) is 104 Å². The van der Waals surface area contributed by atoms with Gasteiger partial charge in [-0.15, -0.1) is 0 Å². The van der Waals surface area contributed by atoms with Crippen LogP contribution >= 0.6 is 0 Å².